The number of rotatable bonds is 5. The molecule has 1 aromatic carbocycles. The van der Waals surface area contributed by atoms with E-state index in [9.17, 15) is 13.2 Å². The highest BCUT2D eigenvalue weighted by atomic mass is 32.2. The summed E-state index contributed by atoms with van der Waals surface area (Å²) in [5.74, 6) is -1.08. The first kappa shape index (κ1) is 14.4. The smallest absolute Gasteiger partial charge is 0.331 e. The lowest BCUT2D eigenvalue weighted by Gasteiger charge is -2.08. The zero-order valence-corrected chi connectivity index (χ0v) is 11.0. The summed E-state index contributed by atoms with van der Waals surface area (Å²) < 4.78 is 26.2. The SMILES string of the molecule is CCNS(=O)(=O)c1ccccc1C=C(C)C(=O)O. The quantitative estimate of drug-likeness (QED) is 0.793. The number of hydrogen-bond acceptors (Lipinski definition) is 3. The van der Waals surface area contributed by atoms with Gasteiger partial charge in [-0.15, -0.1) is 0 Å². The lowest BCUT2D eigenvalue weighted by molar-refractivity contribution is -0.132. The molecule has 0 saturated heterocycles. The van der Waals surface area contributed by atoms with Crippen LogP contribution in [0, 0.1) is 0 Å². The van der Waals surface area contributed by atoms with Crippen molar-refractivity contribution in [1.82, 2.24) is 4.72 Å². The Morgan fingerprint density at radius 1 is 1.39 bits per heavy atom. The first-order chi connectivity index (χ1) is 8.38. The predicted molar refractivity (Wildman–Crippen MR) is 68.6 cm³/mol. The molecule has 98 valence electrons. The topological polar surface area (TPSA) is 83.5 Å². The average Bonchev–Trinajstić information content (AvgIpc) is 2.29. The number of sulfonamides is 1. The molecular formula is C12H15NO4S. The van der Waals surface area contributed by atoms with Crippen molar-refractivity contribution < 1.29 is 18.3 Å². The van der Waals surface area contributed by atoms with Crippen molar-refractivity contribution in [2.75, 3.05) is 6.54 Å². The van der Waals surface area contributed by atoms with Gasteiger partial charge in [-0.3, -0.25) is 0 Å². The molecule has 0 atom stereocenters. The number of carboxylic acids is 1. The molecule has 0 heterocycles. The molecule has 0 fully saturated rings. The lowest BCUT2D eigenvalue weighted by Crippen LogP contribution is -2.23. The Kier molecular flexibility index (Phi) is 4.63. The van der Waals surface area contributed by atoms with Gasteiger partial charge in [-0.2, -0.15) is 0 Å². The van der Waals surface area contributed by atoms with E-state index in [1.54, 1.807) is 25.1 Å². The minimum Gasteiger partial charge on any atom is -0.478 e. The van der Waals surface area contributed by atoms with Crippen LogP contribution in [0.2, 0.25) is 0 Å². The Hall–Kier alpha value is -1.66. The number of nitrogens with one attached hydrogen (secondary N) is 1. The van der Waals surface area contributed by atoms with Gasteiger partial charge in [0.25, 0.3) is 0 Å². The molecule has 18 heavy (non-hydrogen) atoms. The van der Waals surface area contributed by atoms with Crippen LogP contribution in [0.5, 0.6) is 0 Å². The second-order valence-electron chi connectivity index (χ2n) is 3.67. The van der Waals surface area contributed by atoms with Gasteiger partial charge in [0, 0.05) is 12.1 Å². The first-order valence-electron chi connectivity index (χ1n) is 5.38. The largest absolute Gasteiger partial charge is 0.478 e. The molecule has 0 aliphatic rings. The monoisotopic (exact) mass is 269 g/mol. The molecule has 0 aromatic heterocycles. The molecule has 0 spiro atoms. The van der Waals surface area contributed by atoms with Gasteiger partial charge >= 0.3 is 5.97 Å². The fraction of sp³-hybridized carbons (Fsp3) is 0.250. The Bertz CT molecular complexity index is 575. The first-order valence-corrected chi connectivity index (χ1v) is 6.87. The van der Waals surface area contributed by atoms with Gasteiger partial charge in [-0.25, -0.2) is 17.9 Å². The fourth-order valence-electron chi connectivity index (χ4n) is 1.41. The van der Waals surface area contributed by atoms with Crippen LogP contribution >= 0.6 is 0 Å². The van der Waals surface area contributed by atoms with E-state index in [0.29, 0.717) is 5.56 Å². The lowest BCUT2D eigenvalue weighted by atomic mass is 10.1. The van der Waals surface area contributed by atoms with Crippen LogP contribution in [0.15, 0.2) is 34.7 Å². The van der Waals surface area contributed by atoms with Crippen LogP contribution in [-0.4, -0.2) is 26.0 Å². The molecule has 6 heteroatoms. The van der Waals surface area contributed by atoms with Crippen molar-refractivity contribution in [3.8, 4) is 0 Å². The maximum atomic E-state index is 11.9. The van der Waals surface area contributed by atoms with Crippen LogP contribution in [-0.2, 0) is 14.8 Å². The van der Waals surface area contributed by atoms with E-state index >= 15 is 0 Å². The maximum Gasteiger partial charge on any atom is 0.331 e. The van der Waals surface area contributed by atoms with E-state index in [1.165, 1.54) is 19.1 Å². The van der Waals surface area contributed by atoms with Crippen LogP contribution in [0.4, 0.5) is 0 Å². The molecule has 0 aliphatic carbocycles. The van der Waals surface area contributed by atoms with Crippen LogP contribution in [0.3, 0.4) is 0 Å². The second kappa shape index (κ2) is 5.79. The number of carboxylic acid groups (broad SMARTS) is 1. The highest BCUT2D eigenvalue weighted by Gasteiger charge is 2.16. The van der Waals surface area contributed by atoms with E-state index < -0.39 is 16.0 Å². The van der Waals surface area contributed by atoms with Gasteiger partial charge in [0.15, 0.2) is 0 Å². The third-order valence-corrected chi connectivity index (χ3v) is 3.87. The van der Waals surface area contributed by atoms with E-state index in [4.69, 9.17) is 5.11 Å². The molecule has 0 bridgehead atoms. The number of aliphatic carboxylic acids is 1. The molecule has 0 aliphatic heterocycles. The molecule has 1 rings (SSSR count). The summed E-state index contributed by atoms with van der Waals surface area (Å²) in [4.78, 5) is 10.8. The highest BCUT2D eigenvalue weighted by Crippen LogP contribution is 2.18. The summed E-state index contributed by atoms with van der Waals surface area (Å²) in [5, 5.41) is 8.81. The Balaban J connectivity index is 3.32. The van der Waals surface area contributed by atoms with Gasteiger partial charge in [0.05, 0.1) is 4.90 Å². The van der Waals surface area contributed by atoms with Crippen molar-refractivity contribution in [2.24, 2.45) is 0 Å². The van der Waals surface area contributed by atoms with Crippen LogP contribution < -0.4 is 4.72 Å². The van der Waals surface area contributed by atoms with E-state index in [-0.39, 0.29) is 17.0 Å². The van der Waals surface area contributed by atoms with E-state index in [1.807, 2.05) is 0 Å². The molecular weight excluding hydrogens is 254 g/mol. The average molecular weight is 269 g/mol. The van der Waals surface area contributed by atoms with E-state index in [0.717, 1.165) is 0 Å². The molecule has 0 radical (unpaired) electrons. The zero-order valence-electron chi connectivity index (χ0n) is 10.2. The second-order valence-corrected chi connectivity index (χ2v) is 5.41. The summed E-state index contributed by atoms with van der Waals surface area (Å²) in [6.07, 6.45) is 1.34. The van der Waals surface area contributed by atoms with Gasteiger partial charge < -0.3 is 5.11 Å². The maximum absolute atomic E-state index is 11.9. The molecule has 0 amide bonds. The van der Waals surface area contributed by atoms with Crippen molar-refractivity contribution in [3.63, 3.8) is 0 Å². The zero-order chi connectivity index (χ0) is 13.8. The normalized spacial score (nSPS) is 12.4. The van der Waals surface area contributed by atoms with Gasteiger partial charge in [0.2, 0.25) is 10.0 Å². The predicted octanol–water partition coefficient (Wildman–Crippen LogP) is 1.47. The summed E-state index contributed by atoms with van der Waals surface area (Å²) in [5.41, 5.74) is 0.437. The summed E-state index contributed by atoms with van der Waals surface area (Å²) in [7, 11) is -3.60. The summed E-state index contributed by atoms with van der Waals surface area (Å²) >= 11 is 0. The highest BCUT2D eigenvalue weighted by molar-refractivity contribution is 7.89. The number of benzene rings is 1. The summed E-state index contributed by atoms with van der Waals surface area (Å²) in [6, 6.07) is 6.26. The molecule has 2 N–H and O–H groups in total. The van der Waals surface area contributed by atoms with Crippen molar-refractivity contribution in [1.29, 1.82) is 0 Å². The van der Waals surface area contributed by atoms with Crippen LogP contribution in [0.25, 0.3) is 6.08 Å². The standard InChI is InChI=1S/C12H15NO4S/c1-3-13-18(16,17)11-7-5-4-6-10(11)8-9(2)12(14)15/h4-8,13H,3H2,1-2H3,(H,14,15). The minimum atomic E-state index is -3.60. The third-order valence-electron chi connectivity index (χ3n) is 2.25. The van der Waals surface area contributed by atoms with Gasteiger partial charge in [-0.1, -0.05) is 25.1 Å². The van der Waals surface area contributed by atoms with Gasteiger partial charge in [0.1, 0.15) is 0 Å². The number of carbonyl (C=O) groups is 1. The summed E-state index contributed by atoms with van der Waals surface area (Å²) in [6.45, 7) is 3.37. The van der Waals surface area contributed by atoms with Crippen molar-refractivity contribution in [2.45, 2.75) is 18.7 Å². The molecule has 1 aromatic rings. The van der Waals surface area contributed by atoms with E-state index in [2.05, 4.69) is 4.72 Å². The Morgan fingerprint density at radius 2 is 2.00 bits per heavy atom. The number of hydrogen-bond donors (Lipinski definition) is 2. The van der Waals surface area contributed by atoms with Crippen molar-refractivity contribution in [3.05, 3.63) is 35.4 Å². The minimum absolute atomic E-state index is 0.0763. The Morgan fingerprint density at radius 3 is 2.56 bits per heavy atom. The Labute approximate surface area is 106 Å². The van der Waals surface area contributed by atoms with Crippen LogP contribution in [0.1, 0.15) is 19.4 Å². The van der Waals surface area contributed by atoms with Gasteiger partial charge in [-0.05, 0) is 24.6 Å². The molecule has 5 nitrogen and oxygen atoms in total. The third kappa shape index (κ3) is 3.41. The molecule has 0 saturated carbocycles. The molecule has 0 unspecified atom stereocenters. The fourth-order valence-corrected chi connectivity index (χ4v) is 2.64. The van der Waals surface area contributed by atoms with Crippen molar-refractivity contribution >= 4 is 22.1 Å².